The highest BCUT2D eigenvalue weighted by molar-refractivity contribution is 5.34. The minimum atomic E-state index is -0.972. The second-order valence-corrected chi connectivity index (χ2v) is 2.61. The molecule has 15 heavy (non-hydrogen) atoms. The summed E-state index contributed by atoms with van der Waals surface area (Å²) < 4.78 is 0. The third-order valence-corrected chi connectivity index (χ3v) is 1.42. The fraction of sp³-hybridized carbons (Fsp3) is 0.231. The third kappa shape index (κ3) is 7.34. The maximum Gasteiger partial charge on any atom is 0.102 e. The lowest BCUT2D eigenvalue weighted by Crippen LogP contribution is -2.20. The number of rotatable bonds is 3. The van der Waals surface area contributed by atoms with Crippen molar-refractivity contribution >= 4 is 0 Å². The van der Waals surface area contributed by atoms with E-state index >= 15 is 0 Å². The van der Waals surface area contributed by atoms with Crippen LogP contribution in [0.1, 0.15) is 6.92 Å². The highest BCUT2D eigenvalue weighted by Gasteiger charge is 2.06. The molecule has 0 aromatic carbocycles. The molecule has 0 aliphatic heterocycles. The van der Waals surface area contributed by atoms with E-state index in [0.29, 0.717) is 0 Å². The molecule has 78 valence electrons. The van der Waals surface area contributed by atoms with E-state index in [1.165, 1.54) is 18.2 Å². The molecule has 2 heteroatoms. The summed E-state index contributed by atoms with van der Waals surface area (Å²) >= 11 is 0. The number of hydrogen-bond donors (Lipinski definition) is 2. The number of aliphatic hydroxyl groups is 2. The zero-order valence-corrected chi connectivity index (χ0v) is 8.64. The molecule has 0 aliphatic rings. The maximum atomic E-state index is 9.24. The molecule has 2 atom stereocenters. The van der Waals surface area contributed by atoms with Gasteiger partial charge >= 0.3 is 0 Å². The van der Waals surface area contributed by atoms with Gasteiger partial charge in [0.1, 0.15) is 12.2 Å². The summed E-state index contributed by atoms with van der Waals surface area (Å²) in [6.45, 7) is 5.22. The van der Waals surface area contributed by atoms with Crippen LogP contribution in [0.25, 0.3) is 0 Å². The van der Waals surface area contributed by atoms with Crippen molar-refractivity contribution < 1.29 is 10.2 Å². The largest absolute Gasteiger partial charge is 0.386 e. The molecule has 0 rings (SSSR count). The molecule has 2 unspecified atom stereocenters. The smallest absolute Gasteiger partial charge is 0.102 e. The van der Waals surface area contributed by atoms with Gasteiger partial charge < -0.3 is 10.2 Å². The van der Waals surface area contributed by atoms with Crippen molar-refractivity contribution in [2.45, 2.75) is 19.1 Å². The average Bonchev–Trinajstić information content (AvgIpc) is 2.26. The molecule has 0 amide bonds. The van der Waals surface area contributed by atoms with Gasteiger partial charge in [0.05, 0.1) is 0 Å². The Balaban J connectivity index is 4.10. The fourth-order valence-corrected chi connectivity index (χ4v) is 0.639. The highest BCUT2D eigenvalue weighted by Crippen LogP contribution is 1.95. The van der Waals surface area contributed by atoms with Gasteiger partial charge in [-0.1, -0.05) is 24.0 Å². The number of allylic oxidation sites excluding steroid dienone is 3. The van der Waals surface area contributed by atoms with Gasteiger partial charge in [0.15, 0.2) is 0 Å². The van der Waals surface area contributed by atoms with Gasteiger partial charge in [0.2, 0.25) is 0 Å². The van der Waals surface area contributed by atoms with Crippen LogP contribution in [0.15, 0.2) is 37.0 Å². The van der Waals surface area contributed by atoms with Crippen molar-refractivity contribution in [2.24, 2.45) is 0 Å². The summed E-state index contributed by atoms with van der Waals surface area (Å²) in [5, 5.41) is 18.3. The van der Waals surface area contributed by atoms with E-state index in [0.717, 1.165) is 0 Å². The van der Waals surface area contributed by atoms with E-state index in [1.807, 2.05) is 13.0 Å². The van der Waals surface area contributed by atoms with E-state index in [-0.39, 0.29) is 0 Å². The fourth-order valence-electron chi connectivity index (χ4n) is 0.639. The molecule has 2 nitrogen and oxygen atoms in total. The molecule has 0 aliphatic carbocycles. The Kier molecular flexibility index (Phi) is 7.82. The Morgan fingerprint density at radius 3 is 2.20 bits per heavy atom. The van der Waals surface area contributed by atoms with Crippen LogP contribution in [0.4, 0.5) is 0 Å². The number of aliphatic hydroxyl groups excluding tert-OH is 2. The Morgan fingerprint density at radius 2 is 1.67 bits per heavy atom. The minimum absolute atomic E-state index is 0.961. The molecule has 0 radical (unpaired) electrons. The topological polar surface area (TPSA) is 40.5 Å². The quantitative estimate of drug-likeness (QED) is 0.530. The first-order valence-corrected chi connectivity index (χ1v) is 4.50. The van der Waals surface area contributed by atoms with Gasteiger partial charge in [-0.05, 0) is 37.0 Å². The monoisotopic (exact) mass is 202 g/mol. The van der Waals surface area contributed by atoms with E-state index < -0.39 is 12.2 Å². The Labute approximate surface area is 90.6 Å². The van der Waals surface area contributed by atoms with Gasteiger partial charge in [-0.2, -0.15) is 0 Å². The van der Waals surface area contributed by atoms with Crippen molar-refractivity contribution in [2.75, 3.05) is 0 Å². The number of hydrogen-bond acceptors (Lipinski definition) is 2. The second-order valence-electron chi connectivity index (χ2n) is 2.61. The molecule has 0 bridgehead atoms. The minimum Gasteiger partial charge on any atom is -0.386 e. The molecule has 0 aromatic rings. The Hall–Kier alpha value is -1.74. The van der Waals surface area contributed by atoms with Crippen molar-refractivity contribution in [3.05, 3.63) is 37.0 Å². The normalized spacial score (nSPS) is 13.8. The summed E-state index contributed by atoms with van der Waals surface area (Å²) in [7, 11) is 0. The maximum absolute atomic E-state index is 9.24. The summed E-state index contributed by atoms with van der Waals surface area (Å²) in [5.74, 6) is 10.5. The van der Waals surface area contributed by atoms with Crippen molar-refractivity contribution in [1.82, 2.24) is 0 Å². The summed E-state index contributed by atoms with van der Waals surface area (Å²) in [6.07, 6.45) is 5.66. The van der Waals surface area contributed by atoms with E-state index in [2.05, 4.69) is 30.3 Å². The highest BCUT2D eigenvalue weighted by atomic mass is 16.3. The summed E-state index contributed by atoms with van der Waals surface area (Å²) in [6, 6.07) is 0. The van der Waals surface area contributed by atoms with Crippen LogP contribution in [0.5, 0.6) is 0 Å². The Morgan fingerprint density at radius 1 is 1.07 bits per heavy atom. The molecule has 0 heterocycles. The van der Waals surface area contributed by atoms with Crippen LogP contribution < -0.4 is 0 Å². The lowest BCUT2D eigenvalue weighted by atomic mass is 10.2. The molecule has 0 aromatic heterocycles. The first-order valence-electron chi connectivity index (χ1n) is 4.50. The van der Waals surface area contributed by atoms with Crippen LogP contribution in [-0.2, 0) is 0 Å². The Bertz CT molecular complexity index is 355. The molecule has 0 saturated carbocycles. The van der Waals surface area contributed by atoms with Crippen molar-refractivity contribution in [3.63, 3.8) is 0 Å². The van der Waals surface area contributed by atoms with Gasteiger partial charge in [-0.15, -0.1) is 6.58 Å². The lowest BCUT2D eigenvalue weighted by Gasteiger charge is -2.07. The van der Waals surface area contributed by atoms with Crippen molar-refractivity contribution in [3.8, 4) is 23.7 Å². The molecule has 2 N–H and O–H groups in total. The van der Waals surface area contributed by atoms with Crippen LogP contribution in [0, 0.1) is 23.7 Å². The van der Waals surface area contributed by atoms with Crippen molar-refractivity contribution in [1.29, 1.82) is 0 Å². The van der Waals surface area contributed by atoms with E-state index in [1.54, 1.807) is 6.08 Å². The predicted octanol–water partition coefficient (Wildman–Crippen LogP) is 1.03. The molecular formula is C13H14O2. The zero-order valence-electron chi connectivity index (χ0n) is 8.64. The summed E-state index contributed by atoms with van der Waals surface area (Å²) in [5.41, 5.74) is 0. The molecule has 0 fully saturated rings. The third-order valence-electron chi connectivity index (χ3n) is 1.42. The van der Waals surface area contributed by atoms with Crippen LogP contribution in [-0.4, -0.2) is 22.4 Å². The van der Waals surface area contributed by atoms with Gasteiger partial charge in [0.25, 0.3) is 0 Å². The lowest BCUT2D eigenvalue weighted by molar-refractivity contribution is 0.0811. The first kappa shape index (κ1) is 13.3. The van der Waals surface area contributed by atoms with Crippen LogP contribution in [0.3, 0.4) is 0 Å². The molecule has 0 saturated heterocycles. The van der Waals surface area contributed by atoms with Gasteiger partial charge in [-0.25, -0.2) is 0 Å². The van der Waals surface area contributed by atoms with E-state index in [4.69, 9.17) is 5.11 Å². The standard InChI is InChI=1S/C13H14O2/c1-3-5-6-7-8-9-10-11-13(15)12(14)4-2/h3-5,10-15H,2H2,1H3/b5-3+,11-10+. The first-order chi connectivity index (χ1) is 7.22. The zero-order chi connectivity index (χ0) is 11.5. The summed E-state index contributed by atoms with van der Waals surface area (Å²) in [4.78, 5) is 0. The molecular weight excluding hydrogens is 188 g/mol. The second kappa shape index (κ2) is 8.84. The van der Waals surface area contributed by atoms with Gasteiger partial charge in [-0.3, -0.25) is 0 Å². The SMILES string of the molecule is C=CC(O)C(O)/C=C/C#CC#C/C=C/C. The van der Waals surface area contributed by atoms with Gasteiger partial charge in [0, 0.05) is 0 Å². The van der Waals surface area contributed by atoms with Crippen LogP contribution in [0.2, 0.25) is 0 Å². The van der Waals surface area contributed by atoms with E-state index in [9.17, 15) is 5.11 Å². The molecule has 0 spiro atoms. The predicted molar refractivity (Wildman–Crippen MR) is 61.7 cm³/mol. The average molecular weight is 202 g/mol. The van der Waals surface area contributed by atoms with Crippen LogP contribution >= 0.6 is 0 Å².